The molecule has 19 heavy (non-hydrogen) atoms. The van der Waals surface area contributed by atoms with Crippen LogP contribution in [0.1, 0.15) is 27.7 Å². The van der Waals surface area contributed by atoms with E-state index in [4.69, 9.17) is 26.8 Å². The van der Waals surface area contributed by atoms with Crippen LogP contribution in [0.5, 0.6) is 0 Å². The Balaban J connectivity index is 3.02. The van der Waals surface area contributed by atoms with Gasteiger partial charge in [-0.3, -0.25) is 4.79 Å². The summed E-state index contributed by atoms with van der Waals surface area (Å²) in [5.41, 5.74) is 1.98. The Kier molecular flexibility index (Phi) is 5.28. The van der Waals surface area contributed by atoms with Gasteiger partial charge in [0.25, 0.3) is 0 Å². The zero-order chi connectivity index (χ0) is 14.8. The van der Waals surface area contributed by atoms with Gasteiger partial charge in [0, 0.05) is 5.75 Å². The molecule has 2 amide bonds. The number of nitrogens with two attached hydrogens (primary N) is 1. The molecule has 1 heterocycles. The molecule has 1 saturated heterocycles. The van der Waals surface area contributed by atoms with E-state index in [9.17, 15) is 9.59 Å². The van der Waals surface area contributed by atoms with Gasteiger partial charge in [0.2, 0.25) is 11.5 Å². The lowest BCUT2D eigenvalue weighted by atomic mass is 10.2. The van der Waals surface area contributed by atoms with Crippen LogP contribution in [0.25, 0.3) is 0 Å². The van der Waals surface area contributed by atoms with Gasteiger partial charge in [0.1, 0.15) is 11.6 Å². The molecule has 1 aliphatic heterocycles. The SMILES string of the molecule is C[C@@H](C(N)=O)N(C(=O)OC(C)(C)C)P1(=S)OCCS1. The molecular formula is C10H19N2O4PS2. The number of primary amides is 1. The van der Waals surface area contributed by atoms with Gasteiger partial charge in [-0.05, 0) is 39.5 Å². The Labute approximate surface area is 122 Å². The normalized spacial score (nSPS) is 24.8. The first-order valence-electron chi connectivity index (χ1n) is 5.78. The molecule has 0 aliphatic carbocycles. The molecule has 0 bridgehead atoms. The second kappa shape index (κ2) is 5.99. The third-order valence-electron chi connectivity index (χ3n) is 2.22. The predicted octanol–water partition coefficient (Wildman–Crippen LogP) is 2.09. The van der Waals surface area contributed by atoms with E-state index in [1.54, 1.807) is 20.8 Å². The van der Waals surface area contributed by atoms with Crippen LogP contribution in [0.3, 0.4) is 0 Å². The van der Waals surface area contributed by atoms with Crippen LogP contribution < -0.4 is 5.73 Å². The topological polar surface area (TPSA) is 81.9 Å². The highest BCUT2D eigenvalue weighted by Gasteiger charge is 2.42. The van der Waals surface area contributed by atoms with Crippen LogP contribution in [0.2, 0.25) is 0 Å². The van der Waals surface area contributed by atoms with Crippen molar-refractivity contribution in [1.82, 2.24) is 4.67 Å². The molecule has 2 atom stereocenters. The summed E-state index contributed by atoms with van der Waals surface area (Å²) in [7, 11) is 0. The average Bonchev–Trinajstić information content (AvgIpc) is 2.62. The van der Waals surface area contributed by atoms with E-state index in [1.165, 1.54) is 23.0 Å². The molecule has 1 fully saturated rings. The van der Waals surface area contributed by atoms with Crippen molar-refractivity contribution >= 4 is 40.8 Å². The summed E-state index contributed by atoms with van der Waals surface area (Å²) in [6.45, 7) is 7.23. The molecule has 2 N–H and O–H groups in total. The van der Waals surface area contributed by atoms with Crippen molar-refractivity contribution in [3.8, 4) is 0 Å². The molecule has 0 aromatic heterocycles. The van der Waals surface area contributed by atoms with E-state index in [2.05, 4.69) is 0 Å². The quantitative estimate of drug-likeness (QED) is 0.800. The smallest absolute Gasteiger partial charge is 0.417 e. The van der Waals surface area contributed by atoms with E-state index in [0.717, 1.165) is 0 Å². The summed E-state index contributed by atoms with van der Waals surface area (Å²) >= 11 is 6.79. The summed E-state index contributed by atoms with van der Waals surface area (Å²) in [5.74, 6) is 0.0633. The summed E-state index contributed by atoms with van der Waals surface area (Å²) < 4.78 is 12.0. The van der Waals surface area contributed by atoms with Gasteiger partial charge in [-0.2, -0.15) is 0 Å². The van der Waals surface area contributed by atoms with Crippen molar-refractivity contribution < 1.29 is 18.8 Å². The Morgan fingerprint density at radius 1 is 1.53 bits per heavy atom. The molecule has 0 saturated carbocycles. The number of nitrogens with zero attached hydrogens (tertiary/aromatic N) is 1. The van der Waals surface area contributed by atoms with Gasteiger partial charge in [-0.1, -0.05) is 11.4 Å². The first-order chi connectivity index (χ1) is 8.57. The van der Waals surface area contributed by atoms with E-state index in [-0.39, 0.29) is 0 Å². The molecule has 0 aromatic rings. The lowest BCUT2D eigenvalue weighted by Gasteiger charge is -2.34. The maximum atomic E-state index is 12.3. The van der Waals surface area contributed by atoms with Crippen LogP contribution in [-0.2, 0) is 25.9 Å². The second-order valence-electron chi connectivity index (χ2n) is 5.04. The predicted molar refractivity (Wildman–Crippen MR) is 79.4 cm³/mol. The first-order valence-corrected chi connectivity index (χ1v) is 10.0. The zero-order valence-electron chi connectivity index (χ0n) is 11.4. The minimum atomic E-state index is -2.62. The molecule has 1 rings (SSSR count). The van der Waals surface area contributed by atoms with Gasteiger partial charge in [-0.25, -0.2) is 9.46 Å². The second-order valence-corrected chi connectivity index (χ2v) is 11.8. The fourth-order valence-electron chi connectivity index (χ4n) is 1.37. The zero-order valence-corrected chi connectivity index (χ0v) is 13.9. The fraction of sp³-hybridized carbons (Fsp3) is 0.800. The average molecular weight is 326 g/mol. The van der Waals surface area contributed by atoms with Crippen LogP contribution in [0, 0.1) is 0 Å². The highest BCUT2D eigenvalue weighted by Crippen LogP contribution is 2.67. The van der Waals surface area contributed by atoms with E-state index < -0.39 is 29.3 Å². The van der Waals surface area contributed by atoms with Gasteiger partial charge in [0.15, 0.2) is 0 Å². The van der Waals surface area contributed by atoms with Crippen molar-refractivity contribution in [2.45, 2.75) is 39.3 Å². The third kappa shape index (κ3) is 4.34. The van der Waals surface area contributed by atoms with Crippen LogP contribution >= 0.6 is 17.0 Å². The van der Waals surface area contributed by atoms with Crippen molar-refractivity contribution in [2.75, 3.05) is 12.4 Å². The molecule has 1 aliphatic rings. The number of rotatable bonds is 3. The molecule has 0 radical (unpaired) electrons. The van der Waals surface area contributed by atoms with Crippen LogP contribution in [0.15, 0.2) is 0 Å². The highest BCUT2D eigenvalue weighted by atomic mass is 32.9. The van der Waals surface area contributed by atoms with Crippen LogP contribution in [0.4, 0.5) is 4.79 Å². The van der Waals surface area contributed by atoms with Crippen LogP contribution in [-0.4, -0.2) is 40.7 Å². The third-order valence-corrected chi connectivity index (χ3v) is 8.60. The van der Waals surface area contributed by atoms with Gasteiger partial charge < -0.3 is 15.0 Å². The molecular weight excluding hydrogens is 307 g/mol. The Hall–Kier alpha value is -0.300. The minimum absolute atomic E-state index is 0.465. The number of amides is 2. The number of ether oxygens (including phenoxy) is 1. The lowest BCUT2D eigenvalue weighted by molar-refractivity contribution is -0.121. The Morgan fingerprint density at radius 3 is 2.47 bits per heavy atom. The van der Waals surface area contributed by atoms with E-state index >= 15 is 0 Å². The van der Waals surface area contributed by atoms with Crippen molar-refractivity contribution in [3.63, 3.8) is 0 Å². The summed E-state index contributed by atoms with van der Waals surface area (Å²) in [6.07, 6.45) is -0.656. The van der Waals surface area contributed by atoms with Crippen molar-refractivity contribution in [2.24, 2.45) is 5.73 Å². The number of carbonyl (C=O) groups is 2. The van der Waals surface area contributed by atoms with E-state index in [0.29, 0.717) is 12.4 Å². The Bertz CT molecular complexity index is 414. The molecule has 6 nitrogen and oxygen atoms in total. The van der Waals surface area contributed by atoms with Gasteiger partial charge in [0.05, 0.1) is 6.61 Å². The fourth-order valence-corrected chi connectivity index (χ4v) is 7.18. The maximum Gasteiger partial charge on any atom is 0.417 e. The molecule has 9 heteroatoms. The minimum Gasteiger partial charge on any atom is -0.443 e. The maximum absolute atomic E-state index is 12.3. The summed E-state index contributed by atoms with van der Waals surface area (Å²) in [6, 6.07) is -0.855. The molecule has 110 valence electrons. The monoisotopic (exact) mass is 326 g/mol. The number of hydrogen-bond acceptors (Lipinski definition) is 6. The standard InChI is InChI=1S/C10H19N2O4PS2/c1-7(8(11)13)12(9(14)16-10(2,3)4)17(18)15-5-6-19-17/h7H,5-6H2,1-4H3,(H2,11,13)/t7-,17?/m0/s1. The molecule has 0 spiro atoms. The number of hydrogen-bond donors (Lipinski definition) is 1. The number of carbonyl (C=O) groups excluding carboxylic acids is 2. The van der Waals surface area contributed by atoms with Crippen molar-refractivity contribution in [1.29, 1.82) is 0 Å². The first kappa shape index (κ1) is 16.8. The van der Waals surface area contributed by atoms with Crippen molar-refractivity contribution in [3.05, 3.63) is 0 Å². The lowest BCUT2D eigenvalue weighted by Crippen LogP contribution is -2.45. The highest BCUT2D eigenvalue weighted by molar-refractivity contribution is 8.69. The van der Waals surface area contributed by atoms with E-state index in [1.807, 2.05) is 0 Å². The summed E-state index contributed by atoms with van der Waals surface area (Å²) in [4.78, 5) is 23.6. The van der Waals surface area contributed by atoms with Gasteiger partial charge in [-0.15, -0.1) is 0 Å². The molecule has 1 unspecified atom stereocenters. The summed E-state index contributed by atoms with van der Waals surface area (Å²) in [5, 5.41) is 0. The largest absolute Gasteiger partial charge is 0.443 e. The molecule has 0 aromatic carbocycles. The Morgan fingerprint density at radius 2 is 2.11 bits per heavy atom. The van der Waals surface area contributed by atoms with Gasteiger partial charge >= 0.3 is 6.09 Å².